The standard InChI is InChI=1S/C19H31N3O4.2ClH/c1-22(2)8-11-26-16-5-4-14(12-17(16)24-3)13-21-19(23)18(20)15-6-9-25-10-7-15;;/h4-5,12,15,18H,6-11,13,20H2,1-3H3,(H,21,23);2*1H. The van der Waals surface area contributed by atoms with Gasteiger partial charge in [-0.05, 0) is 50.6 Å². The molecule has 1 aromatic rings. The Bertz CT molecular complexity index is 584. The van der Waals surface area contributed by atoms with Crippen molar-refractivity contribution < 1.29 is 19.0 Å². The van der Waals surface area contributed by atoms with Crippen LogP contribution in [0.15, 0.2) is 18.2 Å². The van der Waals surface area contributed by atoms with Crippen molar-refractivity contribution in [3.05, 3.63) is 23.8 Å². The molecule has 1 heterocycles. The molecule has 28 heavy (non-hydrogen) atoms. The van der Waals surface area contributed by atoms with Crippen LogP contribution in [0.3, 0.4) is 0 Å². The zero-order chi connectivity index (χ0) is 18.9. The number of nitrogens with one attached hydrogen (secondary N) is 1. The third-order valence-corrected chi connectivity index (χ3v) is 4.57. The number of benzene rings is 1. The predicted octanol–water partition coefficient (Wildman–Crippen LogP) is 1.85. The molecule has 0 aliphatic carbocycles. The van der Waals surface area contributed by atoms with E-state index < -0.39 is 6.04 Å². The number of likely N-dealkylation sites (N-methyl/N-ethyl adjacent to an activating group) is 1. The second kappa shape index (κ2) is 13.8. The zero-order valence-electron chi connectivity index (χ0n) is 16.8. The lowest BCUT2D eigenvalue weighted by molar-refractivity contribution is -0.124. The first-order chi connectivity index (χ1) is 12.5. The summed E-state index contributed by atoms with van der Waals surface area (Å²) in [5, 5.41) is 2.92. The second-order valence-electron chi connectivity index (χ2n) is 6.83. The van der Waals surface area contributed by atoms with E-state index in [0.29, 0.717) is 37.9 Å². The normalized spacial score (nSPS) is 15.2. The van der Waals surface area contributed by atoms with Gasteiger partial charge in [-0.1, -0.05) is 6.07 Å². The van der Waals surface area contributed by atoms with Gasteiger partial charge in [0.1, 0.15) is 6.61 Å². The number of ether oxygens (including phenoxy) is 3. The summed E-state index contributed by atoms with van der Waals surface area (Å²) in [6.45, 7) is 3.17. The molecular weight excluding hydrogens is 405 g/mol. The highest BCUT2D eigenvalue weighted by atomic mass is 35.5. The van der Waals surface area contributed by atoms with E-state index in [1.807, 2.05) is 32.3 Å². The molecule has 0 radical (unpaired) electrons. The predicted molar refractivity (Wildman–Crippen MR) is 115 cm³/mol. The third kappa shape index (κ3) is 8.41. The minimum atomic E-state index is -0.491. The molecule has 1 saturated heterocycles. The summed E-state index contributed by atoms with van der Waals surface area (Å²) in [5.41, 5.74) is 7.04. The summed E-state index contributed by atoms with van der Waals surface area (Å²) >= 11 is 0. The summed E-state index contributed by atoms with van der Waals surface area (Å²) in [5.74, 6) is 1.42. The lowest BCUT2D eigenvalue weighted by Gasteiger charge is -2.26. The Kier molecular flexibility index (Phi) is 13.2. The quantitative estimate of drug-likeness (QED) is 0.612. The first-order valence-electron chi connectivity index (χ1n) is 9.06. The van der Waals surface area contributed by atoms with Crippen molar-refractivity contribution in [2.24, 2.45) is 11.7 Å². The molecule has 0 aromatic heterocycles. The summed E-state index contributed by atoms with van der Waals surface area (Å²) < 4.78 is 16.5. The third-order valence-electron chi connectivity index (χ3n) is 4.57. The van der Waals surface area contributed by atoms with Crippen molar-refractivity contribution in [3.8, 4) is 11.5 Å². The summed E-state index contributed by atoms with van der Waals surface area (Å²) in [6, 6.07) is 5.18. The van der Waals surface area contributed by atoms with Gasteiger partial charge in [0.15, 0.2) is 11.5 Å². The molecule has 1 amide bonds. The van der Waals surface area contributed by atoms with Crippen LogP contribution in [-0.4, -0.2) is 64.4 Å². The number of hydrogen-bond acceptors (Lipinski definition) is 6. The van der Waals surface area contributed by atoms with Crippen LogP contribution in [0.5, 0.6) is 11.5 Å². The molecule has 1 fully saturated rings. The van der Waals surface area contributed by atoms with Gasteiger partial charge in [0.2, 0.25) is 5.91 Å². The lowest BCUT2D eigenvalue weighted by atomic mass is 9.92. The Morgan fingerprint density at radius 1 is 1.29 bits per heavy atom. The lowest BCUT2D eigenvalue weighted by Crippen LogP contribution is -2.46. The van der Waals surface area contributed by atoms with E-state index in [0.717, 1.165) is 24.9 Å². The molecule has 0 saturated carbocycles. The molecule has 1 atom stereocenters. The Balaban J connectivity index is 0.00000364. The number of carbonyl (C=O) groups excluding carboxylic acids is 1. The van der Waals surface area contributed by atoms with Gasteiger partial charge in [-0.2, -0.15) is 0 Å². The number of methoxy groups -OCH3 is 1. The van der Waals surface area contributed by atoms with Crippen molar-refractivity contribution in [2.75, 3.05) is 47.6 Å². The molecule has 1 unspecified atom stereocenters. The van der Waals surface area contributed by atoms with Gasteiger partial charge in [0.05, 0.1) is 13.2 Å². The molecule has 3 N–H and O–H groups in total. The van der Waals surface area contributed by atoms with Crippen LogP contribution in [0, 0.1) is 5.92 Å². The van der Waals surface area contributed by atoms with E-state index in [9.17, 15) is 4.79 Å². The molecule has 7 nitrogen and oxygen atoms in total. The maximum absolute atomic E-state index is 12.3. The van der Waals surface area contributed by atoms with Gasteiger partial charge in [-0.25, -0.2) is 0 Å². The molecule has 0 bridgehead atoms. The minimum absolute atomic E-state index is 0. The number of nitrogens with two attached hydrogens (primary N) is 1. The SMILES string of the molecule is COc1cc(CNC(=O)C(N)C2CCOCC2)ccc1OCCN(C)C.Cl.Cl. The van der Waals surface area contributed by atoms with Crippen LogP contribution in [0.1, 0.15) is 18.4 Å². The molecule has 1 aliphatic heterocycles. The first kappa shape index (κ1) is 26.8. The van der Waals surface area contributed by atoms with Crippen LogP contribution >= 0.6 is 24.8 Å². The van der Waals surface area contributed by atoms with Crippen LogP contribution in [0.4, 0.5) is 0 Å². The fourth-order valence-corrected chi connectivity index (χ4v) is 2.88. The fraction of sp³-hybridized carbons (Fsp3) is 0.632. The Morgan fingerprint density at radius 3 is 2.57 bits per heavy atom. The van der Waals surface area contributed by atoms with Gasteiger partial charge in [-0.3, -0.25) is 4.79 Å². The molecule has 2 rings (SSSR count). The zero-order valence-corrected chi connectivity index (χ0v) is 18.4. The number of nitrogens with zero attached hydrogens (tertiary/aromatic N) is 1. The number of rotatable bonds is 9. The van der Waals surface area contributed by atoms with Crippen molar-refractivity contribution >= 4 is 30.7 Å². The van der Waals surface area contributed by atoms with Gasteiger partial charge in [0.25, 0.3) is 0 Å². The maximum atomic E-state index is 12.3. The summed E-state index contributed by atoms with van der Waals surface area (Å²) in [6.07, 6.45) is 1.67. The van der Waals surface area contributed by atoms with E-state index in [-0.39, 0.29) is 36.6 Å². The maximum Gasteiger partial charge on any atom is 0.237 e. The van der Waals surface area contributed by atoms with Crippen LogP contribution in [0.25, 0.3) is 0 Å². The molecular formula is C19H33Cl2N3O4. The van der Waals surface area contributed by atoms with Crippen LogP contribution < -0.4 is 20.5 Å². The summed E-state index contributed by atoms with van der Waals surface area (Å²) in [4.78, 5) is 14.4. The molecule has 162 valence electrons. The first-order valence-corrected chi connectivity index (χ1v) is 9.06. The highest BCUT2D eigenvalue weighted by Crippen LogP contribution is 2.28. The number of carbonyl (C=O) groups is 1. The molecule has 1 aromatic carbocycles. The number of amides is 1. The molecule has 0 spiro atoms. The Hall–Kier alpha value is -1.25. The minimum Gasteiger partial charge on any atom is -0.493 e. The second-order valence-corrected chi connectivity index (χ2v) is 6.83. The highest BCUT2D eigenvalue weighted by Gasteiger charge is 2.26. The van der Waals surface area contributed by atoms with Gasteiger partial charge < -0.3 is 30.2 Å². The van der Waals surface area contributed by atoms with E-state index in [1.54, 1.807) is 7.11 Å². The van der Waals surface area contributed by atoms with Gasteiger partial charge in [0, 0.05) is 26.3 Å². The van der Waals surface area contributed by atoms with Gasteiger partial charge in [-0.15, -0.1) is 24.8 Å². The van der Waals surface area contributed by atoms with Crippen molar-refractivity contribution in [3.63, 3.8) is 0 Å². The van der Waals surface area contributed by atoms with E-state index in [2.05, 4.69) is 10.2 Å². The molecule has 1 aliphatic rings. The van der Waals surface area contributed by atoms with E-state index in [1.165, 1.54) is 0 Å². The largest absolute Gasteiger partial charge is 0.493 e. The topological polar surface area (TPSA) is 86.0 Å². The van der Waals surface area contributed by atoms with E-state index in [4.69, 9.17) is 19.9 Å². The average Bonchev–Trinajstić information content (AvgIpc) is 2.66. The smallest absolute Gasteiger partial charge is 0.237 e. The Morgan fingerprint density at radius 2 is 1.96 bits per heavy atom. The van der Waals surface area contributed by atoms with E-state index >= 15 is 0 Å². The van der Waals surface area contributed by atoms with Crippen molar-refractivity contribution in [1.82, 2.24) is 10.2 Å². The van der Waals surface area contributed by atoms with Crippen molar-refractivity contribution in [1.29, 1.82) is 0 Å². The monoisotopic (exact) mass is 437 g/mol. The highest BCUT2D eigenvalue weighted by molar-refractivity contribution is 5.85. The van der Waals surface area contributed by atoms with Crippen molar-refractivity contribution in [2.45, 2.75) is 25.4 Å². The average molecular weight is 438 g/mol. The summed E-state index contributed by atoms with van der Waals surface area (Å²) in [7, 11) is 5.60. The van der Waals surface area contributed by atoms with Crippen LogP contribution in [-0.2, 0) is 16.1 Å². The molecule has 9 heteroatoms. The number of halogens is 2. The fourth-order valence-electron chi connectivity index (χ4n) is 2.88. The van der Waals surface area contributed by atoms with Crippen LogP contribution in [0.2, 0.25) is 0 Å². The number of hydrogen-bond donors (Lipinski definition) is 2. The Labute approximate surface area is 180 Å². The van der Waals surface area contributed by atoms with Gasteiger partial charge >= 0.3 is 0 Å².